The van der Waals surface area contributed by atoms with Crippen molar-refractivity contribution in [3.63, 3.8) is 0 Å². The molecular formula is C14H21NO. The van der Waals surface area contributed by atoms with Crippen LogP contribution in [0, 0.1) is 13.8 Å². The number of rotatable bonds is 5. The minimum atomic E-state index is 0.222. The quantitative estimate of drug-likeness (QED) is 0.771. The van der Waals surface area contributed by atoms with Crippen LogP contribution in [0.2, 0.25) is 0 Å². The van der Waals surface area contributed by atoms with Crippen molar-refractivity contribution in [3.8, 4) is 0 Å². The van der Waals surface area contributed by atoms with E-state index in [2.05, 4.69) is 18.3 Å². The smallest absolute Gasteiger partial charge is 0.164 e. The summed E-state index contributed by atoms with van der Waals surface area (Å²) >= 11 is 0. The predicted octanol–water partition coefficient (Wildman–Crippen LogP) is 2.87. The second kappa shape index (κ2) is 5.80. The van der Waals surface area contributed by atoms with Gasteiger partial charge in [-0.3, -0.25) is 4.79 Å². The molecule has 0 radical (unpaired) electrons. The number of carbonyl (C=O) groups excluding carboxylic acids is 1. The van der Waals surface area contributed by atoms with Gasteiger partial charge in [0, 0.05) is 18.0 Å². The van der Waals surface area contributed by atoms with Crippen molar-refractivity contribution in [1.82, 2.24) is 5.32 Å². The van der Waals surface area contributed by atoms with E-state index in [1.54, 1.807) is 0 Å². The van der Waals surface area contributed by atoms with Crippen molar-refractivity contribution < 1.29 is 4.79 Å². The third kappa shape index (κ3) is 3.78. The first-order valence-electron chi connectivity index (χ1n) is 5.87. The zero-order chi connectivity index (χ0) is 12.1. The molecule has 0 saturated carbocycles. The molecule has 0 aromatic heterocycles. The predicted molar refractivity (Wildman–Crippen MR) is 68.0 cm³/mol. The number of hydrogen-bond acceptors (Lipinski definition) is 2. The standard InChI is InChI=1S/C14H21NO/c1-5-15-12(4)9-14(16)13-7-10(2)6-11(3)8-13/h6-8,12,15H,5,9H2,1-4H3. The second-order valence-corrected chi connectivity index (χ2v) is 4.46. The molecule has 16 heavy (non-hydrogen) atoms. The van der Waals surface area contributed by atoms with Crippen LogP contribution < -0.4 is 5.32 Å². The van der Waals surface area contributed by atoms with Gasteiger partial charge in [-0.05, 0) is 39.4 Å². The summed E-state index contributed by atoms with van der Waals surface area (Å²) in [6.07, 6.45) is 0.566. The minimum absolute atomic E-state index is 0.222. The van der Waals surface area contributed by atoms with Gasteiger partial charge in [-0.1, -0.05) is 24.1 Å². The van der Waals surface area contributed by atoms with Gasteiger partial charge < -0.3 is 5.32 Å². The fourth-order valence-corrected chi connectivity index (χ4v) is 1.95. The Labute approximate surface area is 98.1 Å². The Kier molecular flexibility index (Phi) is 4.69. The number of hydrogen-bond donors (Lipinski definition) is 1. The van der Waals surface area contributed by atoms with Crippen molar-refractivity contribution in [2.24, 2.45) is 0 Å². The zero-order valence-electron chi connectivity index (χ0n) is 10.6. The number of aryl methyl sites for hydroxylation is 2. The van der Waals surface area contributed by atoms with Crippen molar-refractivity contribution >= 4 is 5.78 Å². The minimum Gasteiger partial charge on any atom is -0.314 e. The summed E-state index contributed by atoms with van der Waals surface area (Å²) in [5.41, 5.74) is 3.14. The van der Waals surface area contributed by atoms with Gasteiger partial charge in [0.2, 0.25) is 0 Å². The van der Waals surface area contributed by atoms with E-state index in [1.807, 2.05) is 32.9 Å². The van der Waals surface area contributed by atoms with E-state index in [0.717, 1.165) is 23.2 Å². The van der Waals surface area contributed by atoms with E-state index in [9.17, 15) is 4.79 Å². The van der Waals surface area contributed by atoms with Crippen LogP contribution >= 0.6 is 0 Å². The van der Waals surface area contributed by atoms with E-state index < -0.39 is 0 Å². The Morgan fingerprint density at radius 3 is 2.31 bits per heavy atom. The summed E-state index contributed by atoms with van der Waals surface area (Å²) in [7, 11) is 0. The van der Waals surface area contributed by atoms with Crippen LogP contribution in [0.1, 0.15) is 41.8 Å². The van der Waals surface area contributed by atoms with Crippen molar-refractivity contribution in [2.45, 2.75) is 40.2 Å². The molecule has 0 fully saturated rings. The summed E-state index contributed by atoms with van der Waals surface area (Å²) in [5.74, 6) is 0.222. The number of ketones is 1. The third-order valence-electron chi connectivity index (χ3n) is 2.59. The molecule has 1 atom stereocenters. The molecular weight excluding hydrogens is 198 g/mol. The fraction of sp³-hybridized carbons (Fsp3) is 0.500. The van der Waals surface area contributed by atoms with Gasteiger partial charge in [-0.15, -0.1) is 0 Å². The van der Waals surface area contributed by atoms with E-state index >= 15 is 0 Å². The van der Waals surface area contributed by atoms with Crippen LogP contribution in [-0.4, -0.2) is 18.4 Å². The fourth-order valence-electron chi connectivity index (χ4n) is 1.95. The molecule has 0 bridgehead atoms. The highest BCUT2D eigenvalue weighted by Gasteiger charge is 2.10. The highest BCUT2D eigenvalue weighted by Crippen LogP contribution is 2.11. The summed E-state index contributed by atoms with van der Waals surface area (Å²) in [6, 6.07) is 6.27. The van der Waals surface area contributed by atoms with Crippen LogP contribution in [-0.2, 0) is 0 Å². The highest BCUT2D eigenvalue weighted by atomic mass is 16.1. The lowest BCUT2D eigenvalue weighted by Crippen LogP contribution is -2.28. The van der Waals surface area contributed by atoms with Crippen LogP contribution in [0.4, 0.5) is 0 Å². The number of carbonyl (C=O) groups is 1. The Morgan fingerprint density at radius 1 is 1.25 bits per heavy atom. The largest absolute Gasteiger partial charge is 0.314 e. The molecule has 2 heteroatoms. The third-order valence-corrected chi connectivity index (χ3v) is 2.59. The van der Waals surface area contributed by atoms with Gasteiger partial charge in [-0.25, -0.2) is 0 Å². The Hall–Kier alpha value is -1.15. The summed E-state index contributed by atoms with van der Waals surface area (Å²) in [6.45, 7) is 9.05. The molecule has 1 aromatic rings. The lowest BCUT2D eigenvalue weighted by molar-refractivity contribution is 0.0971. The second-order valence-electron chi connectivity index (χ2n) is 4.46. The first-order chi connectivity index (χ1) is 7.52. The first kappa shape index (κ1) is 12.9. The molecule has 0 aliphatic rings. The molecule has 0 aliphatic heterocycles. The van der Waals surface area contributed by atoms with Crippen LogP contribution in [0.15, 0.2) is 18.2 Å². The van der Waals surface area contributed by atoms with Gasteiger partial charge in [0.05, 0.1) is 0 Å². The van der Waals surface area contributed by atoms with Crippen molar-refractivity contribution in [2.75, 3.05) is 6.54 Å². The topological polar surface area (TPSA) is 29.1 Å². The average molecular weight is 219 g/mol. The number of Topliss-reactive ketones (excluding diaryl/α,β-unsaturated/α-hetero) is 1. The molecule has 0 spiro atoms. The Bertz CT molecular complexity index is 351. The molecule has 1 unspecified atom stereocenters. The molecule has 2 nitrogen and oxygen atoms in total. The molecule has 0 aliphatic carbocycles. The molecule has 1 aromatic carbocycles. The lowest BCUT2D eigenvalue weighted by atomic mass is 10.0. The van der Waals surface area contributed by atoms with Gasteiger partial charge in [0.25, 0.3) is 0 Å². The van der Waals surface area contributed by atoms with Gasteiger partial charge in [0.1, 0.15) is 0 Å². The summed E-state index contributed by atoms with van der Waals surface area (Å²) < 4.78 is 0. The summed E-state index contributed by atoms with van der Waals surface area (Å²) in [5, 5.41) is 3.25. The SMILES string of the molecule is CCNC(C)CC(=O)c1cc(C)cc(C)c1. The van der Waals surface area contributed by atoms with E-state index in [4.69, 9.17) is 0 Å². The number of benzene rings is 1. The molecule has 0 saturated heterocycles. The zero-order valence-corrected chi connectivity index (χ0v) is 10.6. The Balaban J connectivity index is 2.72. The van der Waals surface area contributed by atoms with Crippen LogP contribution in [0.3, 0.4) is 0 Å². The van der Waals surface area contributed by atoms with Gasteiger partial charge in [-0.2, -0.15) is 0 Å². The van der Waals surface area contributed by atoms with E-state index in [0.29, 0.717) is 6.42 Å². The molecule has 1 rings (SSSR count). The van der Waals surface area contributed by atoms with Gasteiger partial charge >= 0.3 is 0 Å². The first-order valence-corrected chi connectivity index (χ1v) is 5.87. The molecule has 1 N–H and O–H groups in total. The Morgan fingerprint density at radius 2 is 1.81 bits per heavy atom. The monoisotopic (exact) mass is 219 g/mol. The van der Waals surface area contributed by atoms with E-state index in [1.165, 1.54) is 0 Å². The van der Waals surface area contributed by atoms with Crippen molar-refractivity contribution in [1.29, 1.82) is 0 Å². The van der Waals surface area contributed by atoms with Crippen LogP contribution in [0.5, 0.6) is 0 Å². The molecule has 0 amide bonds. The lowest BCUT2D eigenvalue weighted by Gasteiger charge is -2.11. The highest BCUT2D eigenvalue weighted by molar-refractivity contribution is 5.96. The normalized spacial score (nSPS) is 12.5. The maximum absolute atomic E-state index is 12.0. The maximum Gasteiger partial charge on any atom is 0.164 e. The summed E-state index contributed by atoms with van der Waals surface area (Å²) in [4.78, 5) is 12.0. The maximum atomic E-state index is 12.0. The number of nitrogens with one attached hydrogen (secondary N) is 1. The van der Waals surface area contributed by atoms with Gasteiger partial charge in [0.15, 0.2) is 5.78 Å². The van der Waals surface area contributed by atoms with Crippen molar-refractivity contribution in [3.05, 3.63) is 34.9 Å². The average Bonchev–Trinajstić information content (AvgIpc) is 2.16. The molecule has 0 heterocycles. The van der Waals surface area contributed by atoms with E-state index in [-0.39, 0.29) is 11.8 Å². The van der Waals surface area contributed by atoms with Crippen LogP contribution in [0.25, 0.3) is 0 Å². The molecule has 88 valence electrons.